The van der Waals surface area contributed by atoms with Gasteiger partial charge in [-0.3, -0.25) is 0 Å². The van der Waals surface area contributed by atoms with Crippen LogP contribution in [0.15, 0.2) is 17.5 Å². The summed E-state index contributed by atoms with van der Waals surface area (Å²) in [6.07, 6.45) is 0. The van der Waals surface area contributed by atoms with Gasteiger partial charge in [0.15, 0.2) is 17.4 Å². The monoisotopic (exact) mass is 271 g/mol. The Hall–Kier alpha value is -1.53. The lowest BCUT2D eigenvalue weighted by Gasteiger charge is -2.08. The Bertz CT molecular complexity index is 534. The number of benzene rings is 1. The largest absolute Gasteiger partial charge is 0.481 e. The van der Waals surface area contributed by atoms with Crippen molar-refractivity contribution in [2.45, 2.75) is 20.1 Å². The number of aliphatic hydroxyl groups is 1. The molecule has 0 radical (unpaired) electrons. The van der Waals surface area contributed by atoms with Crippen LogP contribution >= 0.6 is 11.3 Å². The Balaban J connectivity index is 2.14. The van der Waals surface area contributed by atoms with Gasteiger partial charge in [-0.15, -0.1) is 11.3 Å². The molecule has 1 heterocycles. The highest BCUT2D eigenvalue weighted by Crippen LogP contribution is 2.24. The van der Waals surface area contributed by atoms with Crippen molar-refractivity contribution in [3.63, 3.8) is 0 Å². The fraction of sp³-hybridized carbons (Fsp3) is 0.250. The summed E-state index contributed by atoms with van der Waals surface area (Å²) in [5.74, 6) is -2.10. The summed E-state index contributed by atoms with van der Waals surface area (Å²) in [5, 5.41) is 11.4. The SMILES string of the molecule is Cc1nc(COc2c(F)cc(CO)cc2F)cs1. The van der Waals surface area contributed by atoms with Crippen molar-refractivity contribution in [3.05, 3.63) is 45.4 Å². The van der Waals surface area contributed by atoms with Crippen molar-refractivity contribution in [2.24, 2.45) is 0 Å². The summed E-state index contributed by atoms with van der Waals surface area (Å²) in [4.78, 5) is 4.13. The molecule has 2 rings (SSSR count). The zero-order valence-electron chi connectivity index (χ0n) is 9.61. The molecule has 1 aromatic carbocycles. The minimum atomic E-state index is -0.828. The van der Waals surface area contributed by atoms with Gasteiger partial charge >= 0.3 is 0 Å². The normalized spacial score (nSPS) is 10.7. The van der Waals surface area contributed by atoms with Gasteiger partial charge in [0.25, 0.3) is 0 Å². The molecule has 0 aliphatic heterocycles. The molecule has 6 heteroatoms. The highest BCUT2D eigenvalue weighted by molar-refractivity contribution is 7.09. The van der Waals surface area contributed by atoms with E-state index in [2.05, 4.69) is 4.98 Å². The van der Waals surface area contributed by atoms with Gasteiger partial charge in [-0.05, 0) is 24.6 Å². The summed E-state index contributed by atoms with van der Waals surface area (Å²) in [6, 6.07) is 2.09. The molecule has 0 saturated carbocycles. The Morgan fingerprint density at radius 3 is 2.50 bits per heavy atom. The van der Waals surface area contributed by atoms with E-state index in [0.29, 0.717) is 5.69 Å². The molecule has 0 saturated heterocycles. The van der Waals surface area contributed by atoms with Crippen molar-refractivity contribution in [1.82, 2.24) is 4.98 Å². The summed E-state index contributed by atoms with van der Waals surface area (Å²) in [5.41, 5.74) is 0.796. The number of hydrogen-bond acceptors (Lipinski definition) is 4. The van der Waals surface area contributed by atoms with Gasteiger partial charge in [0.05, 0.1) is 17.3 Å². The summed E-state index contributed by atoms with van der Waals surface area (Å²) in [6.45, 7) is 1.43. The number of aryl methyl sites for hydroxylation is 1. The summed E-state index contributed by atoms with van der Waals surface area (Å²) < 4.78 is 32.1. The van der Waals surface area contributed by atoms with E-state index in [0.717, 1.165) is 17.1 Å². The molecule has 96 valence electrons. The van der Waals surface area contributed by atoms with Crippen molar-refractivity contribution >= 4 is 11.3 Å². The van der Waals surface area contributed by atoms with Crippen LogP contribution in [0, 0.1) is 18.6 Å². The zero-order valence-corrected chi connectivity index (χ0v) is 10.4. The van der Waals surface area contributed by atoms with Crippen molar-refractivity contribution in [3.8, 4) is 5.75 Å². The third-order valence-electron chi connectivity index (χ3n) is 2.27. The average Bonchev–Trinajstić information content (AvgIpc) is 2.73. The van der Waals surface area contributed by atoms with Crippen molar-refractivity contribution in [2.75, 3.05) is 0 Å². The molecule has 0 amide bonds. The molecule has 0 atom stereocenters. The quantitative estimate of drug-likeness (QED) is 0.929. The Morgan fingerprint density at radius 1 is 1.33 bits per heavy atom. The van der Waals surface area contributed by atoms with E-state index in [1.54, 1.807) is 5.38 Å². The number of rotatable bonds is 4. The Morgan fingerprint density at radius 2 is 2.00 bits per heavy atom. The van der Waals surface area contributed by atoms with E-state index in [4.69, 9.17) is 9.84 Å². The molecule has 0 spiro atoms. The fourth-order valence-electron chi connectivity index (χ4n) is 1.46. The first-order valence-electron chi connectivity index (χ1n) is 5.22. The number of nitrogens with zero attached hydrogens (tertiary/aromatic N) is 1. The zero-order chi connectivity index (χ0) is 13.1. The molecule has 0 bridgehead atoms. The van der Waals surface area contributed by atoms with Crippen molar-refractivity contribution < 1.29 is 18.6 Å². The van der Waals surface area contributed by atoms with Crippen LogP contribution in [-0.4, -0.2) is 10.1 Å². The van der Waals surface area contributed by atoms with Crippen LogP contribution in [0.1, 0.15) is 16.3 Å². The van der Waals surface area contributed by atoms with E-state index in [1.807, 2.05) is 6.92 Å². The van der Waals surface area contributed by atoms with Crippen LogP contribution in [0.4, 0.5) is 8.78 Å². The maximum Gasteiger partial charge on any atom is 0.191 e. The molecule has 18 heavy (non-hydrogen) atoms. The van der Waals surface area contributed by atoms with Gasteiger partial charge < -0.3 is 9.84 Å². The molecule has 0 fully saturated rings. The lowest BCUT2D eigenvalue weighted by molar-refractivity contribution is 0.264. The average molecular weight is 271 g/mol. The van der Waals surface area contributed by atoms with Gasteiger partial charge in [-0.1, -0.05) is 0 Å². The molecule has 2 aromatic rings. The second kappa shape index (κ2) is 5.41. The number of halogens is 2. The van der Waals surface area contributed by atoms with E-state index in [-0.39, 0.29) is 12.2 Å². The smallest absolute Gasteiger partial charge is 0.191 e. The summed E-state index contributed by atoms with van der Waals surface area (Å²) >= 11 is 1.44. The molecular formula is C12H11F2NO2S. The molecular weight excluding hydrogens is 260 g/mol. The number of thiazole rings is 1. The third-order valence-corrected chi connectivity index (χ3v) is 3.09. The van der Waals surface area contributed by atoms with E-state index >= 15 is 0 Å². The highest BCUT2D eigenvalue weighted by atomic mass is 32.1. The first kappa shape index (κ1) is 12.9. The maximum absolute atomic E-state index is 13.5. The van der Waals surface area contributed by atoms with E-state index in [9.17, 15) is 8.78 Å². The molecule has 0 unspecified atom stereocenters. The van der Waals surface area contributed by atoms with E-state index < -0.39 is 24.0 Å². The minimum absolute atomic E-state index is 0.0106. The lowest BCUT2D eigenvalue weighted by Crippen LogP contribution is -2.01. The van der Waals surface area contributed by atoms with Gasteiger partial charge in [-0.25, -0.2) is 13.8 Å². The van der Waals surface area contributed by atoms with Crippen LogP contribution in [0.3, 0.4) is 0 Å². The highest BCUT2D eigenvalue weighted by Gasteiger charge is 2.13. The Kier molecular flexibility index (Phi) is 3.88. The lowest BCUT2D eigenvalue weighted by atomic mass is 10.2. The predicted molar refractivity (Wildman–Crippen MR) is 63.5 cm³/mol. The minimum Gasteiger partial charge on any atom is -0.481 e. The molecule has 0 aliphatic rings. The second-order valence-corrected chi connectivity index (χ2v) is 4.76. The van der Waals surface area contributed by atoms with Crippen LogP contribution in [0.5, 0.6) is 5.75 Å². The van der Waals surface area contributed by atoms with E-state index in [1.165, 1.54) is 11.3 Å². The molecule has 1 aromatic heterocycles. The molecule has 3 nitrogen and oxygen atoms in total. The Labute approximate surface area is 107 Å². The van der Waals surface area contributed by atoms with Crippen LogP contribution in [0.25, 0.3) is 0 Å². The van der Waals surface area contributed by atoms with Crippen LogP contribution in [-0.2, 0) is 13.2 Å². The third kappa shape index (κ3) is 2.83. The van der Waals surface area contributed by atoms with Gasteiger partial charge in [0.2, 0.25) is 0 Å². The predicted octanol–water partition coefficient (Wildman–Crippen LogP) is 2.80. The molecule has 0 aliphatic carbocycles. The standard InChI is InChI=1S/C12H11F2NO2S/c1-7-15-9(6-18-7)5-17-12-10(13)2-8(4-16)3-11(12)14/h2-3,6,16H,4-5H2,1H3. The first-order valence-corrected chi connectivity index (χ1v) is 6.10. The number of hydrogen-bond donors (Lipinski definition) is 1. The van der Waals surface area contributed by atoms with Gasteiger partial charge in [-0.2, -0.15) is 0 Å². The van der Waals surface area contributed by atoms with Gasteiger partial charge in [0, 0.05) is 5.38 Å². The topological polar surface area (TPSA) is 42.4 Å². The number of aromatic nitrogens is 1. The summed E-state index contributed by atoms with van der Waals surface area (Å²) in [7, 11) is 0. The maximum atomic E-state index is 13.5. The number of aliphatic hydroxyl groups excluding tert-OH is 1. The first-order chi connectivity index (χ1) is 8.60. The number of ether oxygens (including phenoxy) is 1. The van der Waals surface area contributed by atoms with Gasteiger partial charge in [0.1, 0.15) is 6.61 Å². The molecule has 1 N–H and O–H groups in total. The fourth-order valence-corrected chi connectivity index (χ4v) is 2.06. The van der Waals surface area contributed by atoms with Crippen LogP contribution < -0.4 is 4.74 Å². The second-order valence-electron chi connectivity index (χ2n) is 3.69. The van der Waals surface area contributed by atoms with Crippen molar-refractivity contribution in [1.29, 1.82) is 0 Å². The van der Waals surface area contributed by atoms with Crippen LogP contribution in [0.2, 0.25) is 0 Å².